The molecule has 12 nitrogen and oxygen atoms in total. The van der Waals surface area contributed by atoms with Crippen molar-refractivity contribution in [3.05, 3.63) is 42.0 Å². The minimum Gasteiger partial charge on any atom is -0.380 e. The van der Waals surface area contributed by atoms with Crippen LogP contribution >= 0.6 is 0 Å². The predicted molar refractivity (Wildman–Crippen MR) is 155 cm³/mol. The zero-order valence-electron chi connectivity index (χ0n) is 24.1. The zero-order valence-corrected chi connectivity index (χ0v) is 24.1. The van der Waals surface area contributed by atoms with Crippen molar-refractivity contribution < 1.29 is 33.5 Å². The Bertz CT molecular complexity index is 1160. The highest BCUT2D eigenvalue weighted by atomic mass is 16.5. The second kappa shape index (κ2) is 15.8. The smallest absolute Gasteiger partial charge is 0.312 e. The first-order valence-electron chi connectivity index (χ1n) is 14.4. The number of nitrogens with one attached hydrogen (secondary N) is 3. The molecule has 1 fully saturated rings. The molecule has 42 heavy (non-hydrogen) atoms. The standard InChI is InChI=1S/C30H41N5O7/c1-42-20-21-8-10-23(11-9-21)34-27(39)22(7-5-17-33-29(31)41)19-24(36)30(14-6-15-30)28(40)32-16-3-2-4-18-35-25(37)12-13-26(35)38/h8-13,22H,2-7,14-20H2,1H3,(H,32,40)(H,34,39)(H3,31,33,41)/t22-/m1/s1. The molecule has 1 heterocycles. The van der Waals surface area contributed by atoms with Crippen molar-refractivity contribution in [2.24, 2.45) is 17.1 Å². The minimum atomic E-state index is -1.15. The summed E-state index contributed by atoms with van der Waals surface area (Å²) in [6.45, 7) is 1.41. The van der Waals surface area contributed by atoms with Crippen LogP contribution in [0.5, 0.6) is 0 Å². The molecule has 0 unspecified atom stereocenters. The topological polar surface area (TPSA) is 177 Å². The molecular weight excluding hydrogens is 542 g/mol. The molecule has 0 spiro atoms. The fourth-order valence-electron chi connectivity index (χ4n) is 5.16. The van der Waals surface area contributed by atoms with Gasteiger partial charge < -0.3 is 26.4 Å². The van der Waals surface area contributed by atoms with Crippen LogP contribution in [0.25, 0.3) is 0 Å². The molecule has 0 saturated heterocycles. The van der Waals surface area contributed by atoms with Crippen molar-refractivity contribution >= 4 is 41.1 Å². The van der Waals surface area contributed by atoms with Gasteiger partial charge in [-0.2, -0.15) is 0 Å². The lowest BCUT2D eigenvalue weighted by molar-refractivity contribution is -0.149. The van der Waals surface area contributed by atoms with Gasteiger partial charge in [-0.05, 0) is 62.6 Å². The van der Waals surface area contributed by atoms with Gasteiger partial charge in [0.25, 0.3) is 11.8 Å². The summed E-state index contributed by atoms with van der Waals surface area (Å²) in [6, 6.07) is 6.54. The van der Waals surface area contributed by atoms with Gasteiger partial charge in [-0.3, -0.25) is 28.9 Å². The molecule has 1 saturated carbocycles. The number of nitrogens with zero attached hydrogens (tertiary/aromatic N) is 1. The van der Waals surface area contributed by atoms with Crippen LogP contribution in [0.1, 0.15) is 63.4 Å². The number of nitrogens with two attached hydrogens (primary N) is 1. The number of anilines is 1. The minimum absolute atomic E-state index is 0.0937. The van der Waals surface area contributed by atoms with E-state index < -0.39 is 17.4 Å². The molecule has 0 bridgehead atoms. The third-order valence-corrected chi connectivity index (χ3v) is 7.78. The van der Waals surface area contributed by atoms with Crippen LogP contribution in [0.3, 0.4) is 0 Å². The molecular formula is C30H41N5O7. The Kier molecular flexibility index (Phi) is 12.2. The second-order valence-corrected chi connectivity index (χ2v) is 10.8. The molecule has 1 aliphatic carbocycles. The predicted octanol–water partition coefficient (Wildman–Crippen LogP) is 2.18. The van der Waals surface area contributed by atoms with Crippen LogP contribution in [-0.2, 0) is 35.3 Å². The lowest BCUT2D eigenvalue weighted by Gasteiger charge is -2.39. The highest BCUT2D eigenvalue weighted by molar-refractivity contribution is 6.12. The number of unbranched alkanes of at least 4 members (excludes halogenated alkanes) is 2. The van der Waals surface area contributed by atoms with E-state index >= 15 is 0 Å². The lowest BCUT2D eigenvalue weighted by atomic mass is 9.63. The average Bonchev–Trinajstić information content (AvgIpc) is 3.24. The molecule has 2 aliphatic rings. The molecule has 228 valence electrons. The summed E-state index contributed by atoms with van der Waals surface area (Å²) in [5.41, 5.74) is 5.53. The highest BCUT2D eigenvalue weighted by Gasteiger charge is 2.50. The van der Waals surface area contributed by atoms with E-state index in [2.05, 4.69) is 16.0 Å². The number of amides is 6. The zero-order chi connectivity index (χ0) is 30.5. The Hall–Kier alpha value is -4.06. The Balaban J connectivity index is 1.53. The number of ketones is 1. The van der Waals surface area contributed by atoms with E-state index in [1.54, 1.807) is 19.2 Å². The number of rotatable bonds is 18. The summed E-state index contributed by atoms with van der Waals surface area (Å²) in [4.78, 5) is 75.5. The van der Waals surface area contributed by atoms with Crippen molar-refractivity contribution in [1.29, 1.82) is 0 Å². The van der Waals surface area contributed by atoms with E-state index in [4.69, 9.17) is 10.5 Å². The van der Waals surface area contributed by atoms with Gasteiger partial charge in [0.1, 0.15) is 11.2 Å². The molecule has 12 heteroatoms. The van der Waals surface area contributed by atoms with Crippen LogP contribution < -0.4 is 21.7 Å². The highest BCUT2D eigenvalue weighted by Crippen LogP contribution is 2.44. The summed E-state index contributed by atoms with van der Waals surface area (Å²) >= 11 is 0. The summed E-state index contributed by atoms with van der Waals surface area (Å²) in [7, 11) is 1.60. The van der Waals surface area contributed by atoms with Crippen LogP contribution in [0, 0.1) is 11.3 Å². The first kappa shape index (κ1) is 32.5. The third kappa shape index (κ3) is 8.97. The van der Waals surface area contributed by atoms with Crippen molar-refractivity contribution in [3.63, 3.8) is 0 Å². The first-order valence-corrected chi connectivity index (χ1v) is 14.4. The van der Waals surface area contributed by atoms with Gasteiger partial charge in [-0.15, -0.1) is 0 Å². The molecule has 6 amide bonds. The number of imide groups is 1. The lowest BCUT2D eigenvalue weighted by Crippen LogP contribution is -2.52. The quantitative estimate of drug-likeness (QED) is 0.116. The number of carbonyl (C=O) groups excluding carboxylic acids is 6. The number of methoxy groups -OCH3 is 1. The summed E-state index contributed by atoms with van der Waals surface area (Å²) in [6.07, 6.45) is 6.75. The number of Topliss-reactive ketones (excluding diaryl/α,β-unsaturated/α-hetero) is 1. The van der Waals surface area contributed by atoms with Gasteiger partial charge >= 0.3 is 6.03 Å². The SMILES string of the molecule is COCc1ccc(NC(=O)[C@H](CCCNC(N)=O)CC(=O)C2(C(=O)NCCCCCN3C(=O)C=CC3=O)CCC2)cc1. The monoisotopic (exact) mass is 583 g/mol. The van der Waals surface area contributed by atoms with Gasteiger partial charge in [-0.1, -0.05) is 18.6 Å². The van der Waals surface area contributed by atoms with E-state index in [-0.39, 0.29) is 42.4 Å². The van der Waals surface area contributed by atoms with E-state index in [0.29, 0.717) is 70.3 Å². The molecule has 1 aliphatic heterocycles. The number of ether oxygens (including phenoxy) is 1. The number of primary amides is 1. The maximum atomic E-state index is 13.5. The summed E-state index contributed by atoms with van der Waals surface area (Å²) in [5, 5.41) is 8.25. The number of carbonyl (C=O) groups is 6. The van der Waals surface area contributed by atoms with E-state index in [9.17, 15) is 28.8 Å². The van der Waals surface area contributed by atoms with Crippen LogP contribution in [0.2, 0.25) is 0 Å². The molecule has 1 aromatic carbocycles. The molecule has 1 atom stereocenters. The Morgan fingerprint density at radius 3 is 2.21 bits per heavy atom. The molecule has 1 aromatic rings. The van der Waals surface area contributed by atoms with Crippen molar-refractivity contribution in [2.45, 2.75) is 64.4 Å². The molecule has 5 N–H and O–H groups in total. The Labute approximate surface area is 245 Å². The van der Waals surface area contributed by atoms with E-state index in [0.717, 1.165) is 12.0 Å². The van der Waals surface area contributed by atoms with Gasteiger partial charge in [0.05, 0.1) is 6.61 Å². The number of hydrogen-bond acceptors (Lipinski definition) is 7. The maximum Gasteiger partial charge on any atom is 0.312 e. The molecule has 0 radical (unpaired) electrons. The fourth-order valence-corrected chi connectivity index (χ4v) is 5.16. The number of hydrogen-bond donors (Lipinski definition) is 4. The van der Waals surface area contributed by atoms with Gasteiger partial charge in [0.15, 0.2) is 0 Å². The van der Waals surface area contributed by atoms with Gasteiger partial charge in [0.2, 0.25) is 11.8 Å². The van der Waals surface area contributed by atoms with Gasteiger partial charge in [0, 0.05) is 56.9 Å². The van der Waals surface area contributed by atoms with Crippen molar-refractivity contribution in [3.8, 4) is 0 Å². The summed E-state index contributed by atoms with van der Waals surface area (Å²) < 4.78 is 5.12. The van der Waals surface area contributed by atoms with Gasteiger partial charge in [-0.25, -0.2) is 4.79 Å². The molecule has 3 rings (SSSR count). The largest absolute Gasteiger partial charge is 0.380 e. The Morgan fingerprint density at radius 2 is 1.62 bits per heavy atom. The van der Waals surface area contributed by atoms with Crippen LogP contribution in [0.15, 0.2) is 36.4 Å². The van der Waals surface area contributed by atoms with Crippen LogP contribution in [0.4, 0.5) is 10.5 Å². The first-order chi connectivity index (χ1) is 20.2. The Morgan fingerprint density at radius 1 is 0.952 bits per heavy atom. The summed E-state index contributed by atoms with van der Waals surface area (Å²) in [5.74, 6) is -2.23. The van der Waals surface area contributed by atoms with Crippen LogP contribution in [-0.4, -0.2) is 67.1 Å². The number of urea groups is 1. The maximum absolute atomic E-state index is 13.5. The number of benzene rings is 1. The fraction of sp³-hybridized carbons (Fsp3) is 0.533. The van der Waals surface area contributed by atoms with Crippen molar-refractivity contribution in [2.75, 3.05) is 32.1 Å². The normalized spacial score (nSPS) is 16.1. The van der Waals surface area contributed by atoms with E-state index in [1.807, 2.05) is 12.1 Å². The van der Waals surface area contributed by atoms with Crippen molar-refractivity contribution in [1.82, 2.24) is 15.5 Å². The third-order valence-electron chi connectivity index (χ3n) is 7.78. The second-order valence-electron chi connectivity index (χ2n) is 10.8. The molecule has 0 aromatic heterocycles. The van der Waals surface area contributed by atoms with E-state index in [1.165, 1.54) is 17.1 Å². The average molecular weight is 584 g/mol.